The van der Waals surface area contributed by atoms with Gasteiger partial charge in [-0.15, -0.1) is 5.10 Å². The second-order valence-electron chi connectivity index (χ2n) is 3.38. The molecule has 0 spiro atoms. The van der Waals surface area contributed by atoms with E-state index in [0.717, 1.165) is 22.5 Å². The predicted octanol–water partition coefficient (Wildman–Crippen LogP) is 2.19. The number of hydrogen-bond acceptors (Lipinski definition) is 4. The van der Waals surface area contributed by atoms with Crippen molar-refractivity contribution in [1.29, 1.82) is 0 Å². The van der Waals surface area contributed by atoms with Gasteiger partial charge in [-0.25, -0.2) is 0 Å². The number of nitrogens with zero attached hydrogens (tertiary/aromatic N) is 4. The lowest BCUT2D eigenvalue weighted by molar-refractivity contribution is 0.664. The van der Waals surface area contributed by atoms with Crippen molar-refractivity contribution in [2.75, 3.05) is 6.54 Å². The SMILES string of the molecule is CCNCc1nnnn1-c1cc(Br)ccc1Cl. The van der Waals surface area contributed by atoms with Crippen LogP contribution in [0.25, 0.3) is 5.69 Å². The maximum Gasteiger partial charge on any atom is 0.170 e. The van der Waals surface area contributed by atoms with Crippen molar-refractivity contribution in [3.8, 4) is 5.69 Å². The molecule has 90 valence electrons. The summed E-state index contributed by atoms with van der Waals surface area (Å²) in [7, 11) is 0. The van der Waals surface area contributed by atoms with Crippen LogP contribution in [0.4, 0.5) is 0 Å². The molecule has 0 aliphatic rings. The molecule has 1 aromatic heterocycles. The first kappa shape index (κ1) is 12.5. The van der Waals surface area contributed by atoms with Gasteiger partial charge in [-0.05, 0) is 35.2 Å². The first-order valence-electron chi connectivity index (χ1n) is 5.15. The van der Waals surface area contributed by atoms with Crippen LogP contribution in [0.1, 0.15) is 12.7 Å². The summed E-state index contributed by atoms with van der Waals surface area (Å²) in [5.41, 5.74) is 0.763. The molecular weight excluding hydrogens is 306 g/mol. The van der Waals surface area contributed by atoms with Gasteiger partial charge >= 0.3 is 0 Å². The molecule has 0 unspecified atom stereocenters. The summed E-state index contributed by atoms with van der Waals surface area (Å²) < 4.78 is 2.57. The smallest absolute Gasteiger partial charge is 0.170 e. The van der Waals surface area contributed by atoms with Crippen molar-refractivity contribution in [1.82, 2.24) is 25.5 Å². The Hall–Kier alpha value is -0.980. The zero-order valence-electron chi connectivity index (χ0n) is 9.19. The molecule has 0 bridgehead atoms. The van der Waals surface area contributed by atoms with E-state index in [1.807, 2.05) is 19.1 Å². The molecule has 1 aromatic carbocycles. The molecule has 17 heavy (non-hydrogen) atoms. The Labute approximate surface area is 112 Å². The number of hydrogen-bond donors (Lipinski definition) is 1. The maximum absolute atomic E-state index is 6.14. The van der Waals surface area contributed by atoms with Crippen LogP contribution in [-0.2, 0) is 6.54 Å². The third-order valence-electron chi connectivity index (χ3n) is 2.20. The molecule has 0 amide bonds. The quantitative estimate of drug-likeness (QED) is 0.939. The summed E-state index contributed by atoms with van der Waals surface area (Å²) in [4.78, 5) is 0. The van der Waals surface area contributed by atoms with Crippen molar-refractivity contribution in [2.24, 2.45) is 0 Å². The number of halogens is 2. The number of rotatable bonds is 4. The summed E-state index contributed by atoms with van der Waals surface area (Å²) in [6.45, 7) is 3.49. The number of nitrogens with one attached hydrogen (secondary N) is 1. The molecule has 2 rings (SSSR count). The predicted molar refractivity (Wildman–Crippen MR) is 69.2 cm³/mol. The fourth-order valence-electron chi connectivity index (χ4n) is 1.39. The number of benzene rings is 1. The van der Waals surface area contributed by atoms with E-state index >= 15 is 0 Å². The summed E-state index contributed by atoms with van der Waals surface area (Å²) in [6, 6.07) is 5.56. The number of aromatic nitrogens is 4. The zero-order valence-corrected chi connectivity index (χ0v) is 11.5. The monoisotopic (exact) mass is 315 g/mol. The Morgan fingerprint density at radius 1 is 1.47 bits per heavy atom. The summed E-state index contributed by atoms with van der Waals surface area (Å²) in [5, 5.41) is 15.4. The van der Waals surface area contributed by atoms with Gasteiger partial charge in [-0.2, -0.15) is 4.68 Å². The lowest BCUT2D eigenvalue weighted by Crippen LogP contribution is -2.16. The van der Waals surface area contributed by atoms with Crippen molar-refractivity contribution < 1.29 is 0 Å². The summed E-state index contributed by atoms with van der Waals surface area (Å²) >= 11 is 9.54. The van der Waals surface area contributed by atoms with E-state index in [0.29, 0.717) is 11.6 Å². The standard InChI is InChI=1S/C10H11BrClN5/c1-2-13-6-10-14-15-16-17(10)9-5-7(11)3-4-8(9)12/h3-5,13H,2,6H2,1H3. The Kier molecular flexibility index (Phi) is 4.09. The Morgan fingerprint density at radius 2 is 2.29 bits per heavy atom. The highest BCUT2D eigenvalue weighted by Crippen LogP contribution is 2.24. The first-order valence-corrected chi connectivity index (χ1v) is 6.33. The lowest BCUT2D eigenvalue weighted by Gasteiger charge is -2.07. The molecule has 0 saturated heterocycles. The maximum atomic E-state index is 6.14. The van der Waals surface area contributed by atoms with Gasteiger partial charge in [0.05, 0.1) is 17.3 Å². The van der Waals surface area contributed by atoms with E-state index < -0.39 is 0 Å². The fourth-order valence-corrected chi connectivity index (χ4v) is 1.93. The third-order valence-corrected chi connectivity index (χ3v) is 3.02. The van der Waals surface area contributed by atoms with Crippen LogP contribution in [-0.4, -0.2) is 26.8 Å². The second-order valence-corrected chi connectivity index (χ2v) is 4.71. The lowest BCUT2D eigenvalue weighted by atomic mass is 10.3. The topological polar surface area (TPSA) is 55.6 Å². The van der Waals surface area contributed by atoms with Crippen molar-refractivity contribution in [2.45, 2.75) is 13.5 Å². The van der Waals surface area contributed by atoms with Gasteiger partial charge in [0.15, 0.2) is 5.82 Å². The van der Waals surface area contributed by atoms with Crippen molar-refractivity contribution in [3.05, 3.63) is 33.5 Å². The van der Waals surface area contributed by atoms with Crippen LogP contribution in [0.5, 0.6) is 0 Å². The molecular formula is C10H11BrClN5. The van der Waals surface area contributed by atoms with Crippen LogP contribution < -0.4 is 5.32 Å². The minimum Gasteiger partial charge on any atom is -0.310 e. The average Bonchev–Trinajstić information content (AvgIpc) is 2.77. The van der Waals surface area contributed by atoms with E-state index in [-0.39, 0.29) is 0 Å². The van der Waals surface area contributed by atoms with Gasteiger partial charge in [-0.1, -0.05) is 34.5 Å². The van der Waals surface area contributed by atoms with Gasteiger partial charge in [0.25, 0.3) is 0 Å². The average molecular weight is 317 g/mol. The van der Waals surface area contributed by atoms with Crippen molar-refractivity contribution in [3.63, 3.8) is 0 Å². The molecule has 2 aromatic rings. The highest BCUT2D eigenvalue weighted by molar-refractivity contribution is 9.10. The molecule has 0 atom stereocenters. The minimum atomic E-state index is 0.604. The Morgan fingerprint density at radius 3 is 3.06 bits per heavy atom. The van der Waals surface area contributed by atoms with Gasteiger partial charge < -0.3 is 5.32 Å². The molecule has 0 aliphatic heterocycles. The van der Waals surface area contributed by atoms with Crippen LogP contribution in [0.3, 0.4) is 0 Å². The van der Waals surface area contributed by atoms with Gasteiger partial charge in [0.1, 0.15) is 0 Å². The molecule has 1 heterocycles. The molecule has 1 N–H and O–H groups in total. The fraction of sp³-hybridized carbons (Fsp3) is 0.300. The van der Waals surface area contributed by atoms with Gasteiger partial charge in [0.2, 0.25) is 0 Å². The Bertz CT molecular complexity index is 513. The number of tetrazole rings is 1. The Balaban J connectivity index is 2.38. The van der Waals surface area contributed by atoms with Gasteiger partial charge in [-0.3, -0.25) is 0 Å². The van der Waals surface area contributed by atoms with Crippen LogP contribution >= 0.6 is 27.5 Å². The molecule has 0 aliphatic carbocycles. The second kappa shape index (κ2) is 5.57. The van der Waals surface area contributed by atoms with E-state index in [1.54, 1.807) is 10.7 Å². The highest BCUT2D eigenvalue weighted by atomic mass is 79.9. The first-order chi connectivity index (χ1) is 8.22. The van der Waals surface area contributed by atoms with Gasteiger partial charge in [0, 0.05) is 4.47 Å². The summed E-state index contributed by atoms with van der Waals surface area (Å²) in [6.07, 6.45) is 0. The van der Waals surface area contributed by atoms with E-state index in [2.05, 4.69) is 36.8 Å². The van der Waals surface area contributed by atoms with Crippen molar-refractivity contribution >= 4 is 27.5 Å². The molecule has 0 fully saturated rings. The van der Waals surface area contributed by atoms with E-state index in [4.69, 9.17) is 11.6 Å². The van der Waals surface area contributed by atoms with E-state index in [1.165, 1.54) is 0 Å². The zero-order chi connectivity index (χ0) is 12.3. The summed E-state index contributed by atoms with van der Waals surface area (Å²) in [5.74, 6) is 0.729. The van der Waals surface area contributed by atoms with Crippen LogP contribution in [0, 0.1) is 0 Å². The molecule has 0 radical (unpaired) electrons. The highest BCUT2D eigenvalue weighted by Gasteiger charge is 2.11. The molecule has 5 nitrogen and oxygen atoms in total. The van der Waals surface area contributed by atoms with Crippen LogP contribution in [0.15, 0.2) is 22.7 Å². The third kappa shape index (κ3) is 2.83. The van der Waals surface area contributed by atoms with E-state index in [9.17, 15) is 0 Å². The molecule has 7 heteroatoms. The minimum absolute atomic E-state index is 0.604. The van der Waals surface area contributed by atoms with Crippen LogP contribution in [0.2, 0.25) is 5.02 Å². The largest absolute Gasteiger partial charge is 0.310 e. The molecule has 0 saturated carbocycles. The normalized spacial score (nSPS) is 10.8.